The van der Waals surface area contributed by atoms with E-state index in [4.69, 9.17) is 27.9 Å². The normalized spacial score (nSPS) is 10.4. The van der Waals surface area contributed by atoms with Gasteiger partial charge in [0.05, 0.1) is 15.7 Å². The molecule has 0 saturated carbocycles. The molecule has 2 amide bonds. The number of halogens is 2. The molecule has 0 radical (unpaired) electrons. The van der Waals surface area contributed by atoms with Crippen molar-refractivity contribution < 1.29 is 14.3 Å². The Kier molecular flexibility index (Phi) is 8.24. The summed E-state index contributed by atoms with van der Waals surface area (Å²) in [5, 5.41) is 3.53. The number of ether oxygens (including phenoxy) is 1. The first-order chi connectivity index (χ1) is 10.5. The minimum absolute atomic E-state index is 0.134. The van der Waals surface area contributed by atoms with Gasteiger partial charge in [0.2, 0.25) is 11.8 Å². The van der Waals surface area contributed by atoms with Gasteiger partial charge in [-0.15, -0.1) is 0 Å². The number of methoxy groups -OCH3 is 1. The first-order valence-electron chi connectivity index (χ1n) is 6.95. The monoisotopic (exact) mass is 346 g/mol. The highest BCUT2D eigenvalue weighted by atomic mass is 35.5. The summed E-state index contributed by atoms with van der Waals surface area (Å²) < 4.78 is 4.90. The van der Waals surface area contributed by atoms with Crippen LogP contribution in [0.3, 0.4) is 0 Å². The van der Waals surface area contributed by atoms with Gasteiger partial charge in [-0.1, -0.05) is 29.3 Å². The maximum Gasteiger partial charge on any atom is 0.223 e. The first kappa shape index (κ1) is 18.7. The molecule has 0 aliphatic carbocycles. The SMILES string of the molecule is COCCCNC(=O)CCN(C(C)=O)c1c(Cl)cccc1Cl. The molecule has 0 aliphatic rings. The Morgan fingerprint density at radius 3 is 2.45 bits per heavy atom. The molecule has 0 bridgehead atoms. The third kappa shape index (κ3) is 5.83. The highest BCUT2D eigenvalue weighted by Crippen LogP contribution is 2.33. The van der Waals surface area contributed by atoms with Gasteiger partial charge in [-0.2, -0.15) is 0 Å². The van der Waals surface area contributed by atoms with Crippen molar-refractivity contribution in [2.24, 2.45) is 0 Å². The Morgan fingerprint density at radius 1 is 1.27 bits per heavy atom. The molecule has 0 heterocycles. The zero-order valence-electron chi connectivity index (χ0n) is 12.7. The molecule has 1 N–H and O–H groups in total. The predicted octanol–water partition coefficient (Wildman–Crippen LogP) is 2.89. The van der Waals surface area contributed by atoms with Crippen LogP contribution < -0.4 is 10.2 Å². The summed E-state index contributed by atoms with van der Waals surface area (Å²) in [7, 11) is 1.61. The Balaban J connectivity index is 2.63. The molecule has 0 spiro atoms. The summed E-state index contributed by atoms with van der Waals surface area (Å²) in [6.07, 6.45) is 0.920. The number of anilines is 1. The van der Waals surface area contributed by atoms with Gasteiger partial charge in [0, 0.05) is 40.2 Å². The van der Waals surface area contributed by atoms with Crippen molar-refractivity contribution in [3.8, 4) is 0 Å². The number of hydrogen-bond acceptors (Lipinski definition) is 3. The van der Waals surface area contributed by atoms with E-state index in [-0.39, 0.29) is 24.8 Å². The van der Waals surface area contributed by atoms with Crippen molar-refractivity contribution in [3.05, 3.63) is 28.2 Å². The average molecular weight is 347 g/mol. The van der Waals surface area contributed by atoms with Crippen LogP contribution in [0.2, 0.25) is 10.0 Å². The topological polar surface area (TPSA) is 58.6 Å². The van der Waals surface area contributed by atoms with Gasteiger partial charge in [0.1, 0.15) is 0 Å². The van der Waals surface area contributed by atoms with Crippen LogP contribution in [0.25, 0.3) is 0 Å². The molecule has 0 atom stereocenters. The first-order valence-corrected chi connectivity index (χ1v) is 7.70. The Hall–Kier alpha value is -1.30. The van der Waals surface area contributed by atoms with Crippen LogP contribution >= 0.6 is 23.2 Å². The number of carbonyl (C=O) groups excluding carboxylic acids is 2. The third-order valence-corrected chi connectivity index (χ3v) is 3.61. The third-order valence-electron chi connectivity index (χ3n) is 3.00. The summed E-state index contributed by atoms with van der Waals surface area (Å²) in [6.45, 7) is 2.76. The van der Waals surface area contributed by atoms with Crippen molar-refractivity contribution in [2.45, 2.75) is 19.8 Å². The highest BCUT2D eigenvalue weighted by molar-refractivity contribution is 6.39. The molecule has 0 unspecified atom stereocenters. The largest absolute Gasteiger partial charge is 0.385 e. The zero-order chi connectivity index (χ0) is 16.5. The molecule has 5 nitrogen and oxygen atoms in total. The van der Waals surface area contributed by atoms with Crippen LogP contribution in [0.1, 0.15) is 19.8 Å². The molecule has 0 fully saturated rings. The van der Waals surface area contributed by atoms with Crippen LogP contribution in [0.4, 0.5) is 5.69 Å². The summed E-state index contributed by atoms with van der Waals surface area (Å²) >= 11 is 12.2. The van der Waals surface area contributed by atoms with Crippen molar-refractivity contribution in [1.82, 2.24) is 5.32 Å². The smallest absolute Gasteiger partial charge is 0.223 e. The minimum Gasteiger partial charge on any atom is -0.385 e. The number of rotatable bonds is 8. The minimum atomic E-state index is -0.220. The van der Waals surface area contributed by atoms with E-state index in [1.807, 2.05) is 0 Å². The Labute approximate surface area is 140 Å². The van der Waals surface area contributed by atoms with E-state index in [0.29, 0.717) is 28.9 Å². The standard InChI is InChI=1S/C15H20Cl2N2O3/c1-11(20)19(15-12(16)5-3-6-13(15)17)9-7-14(21)18-8-4-10-22-2/h3,5-6H,4,7-10H2,1-2H3,(H,18,21). The fraction of sp³-hybridized carbons (Fsp3) is 0.467. The number of benzene rings is 1. The molecule has 0 saturated heterocycles. The van der Waals surface area contributed by atoms with E-state index in [9.17, 15) is 9.59 Å². The van der Waals surface area contributed by atoms with Crippen LogP contribution in [0, 0.1) is 0 Å². The van der Waals surface area contributed by atoms with Crippen LogP contribution in [-0.4, -0.2) is 38.6 Å². The van der Waals surface area contributed by atoms with Crippen LogP contribution in [0.15, 0.2) is 18.2 Å². The van der Waals surface area contributed by atoms with Gasteiger partial charge in [-0.05, 0) is 18.6 Å². The number of para-hydroxylation sites is 1. The van der Waals surface area contributed by atoms with Crippen molar-refractivity contribution in [3.63, 3.8) is 0 Å². The Bertz CT molecular complexity index is 503. The summed E-state index contributed by atoms with van der Waals surface area (Å²) in [5.41, 5.74) is 0.436. The summed E-state index contributed by atoms with van der Waals surface area (Å²) in [6, 6.07) is 5.02. The van der Waals surface area contributed by atoms with Gasteiger partial charge in [-0.3, -0.25) is 9.59 Å². The van der Waals surface area contributed by atoms with E-state index in [1.165, 1.54) is 11.8 Å². The molecule has 122 valence electrons. The molecule has 1 aromatic carbocycles. The molecular formula is C15H20Cl2N2O3. The second-order valence-electron chi connectivity index (χ2n) is 4.69. The van der Waals surface area contributed by atoms with Crippen LogP contribution in [0.5, 0.6) is 0 Å². The average Bonchev–Trinajstić information content (AvgIpc) is 2.46. The molecule has 22 heavy (non-hydrogen) atoms. The molecule has 1 rings (SSSR count). The van der Waals surface area contributed by atoms with Gasteiger partial charge >= 0.3 is 0 Å². The van der Waals surface area contributed by atoms with Gasteiger partial charge in [-0.25, -0.2) is 0 Å². The van der Waals surface area contributed by atoms with Gasteiger partial charge in [0.15, 0.2) is 0 Å². The molecule has 1 aromatic rings. The highest BCUT2D eigenvalue weighted by Gasteiger charge is 2.18. The van der Waals surface area contributed by atoms with E-state index in [0.717, 1.165) is 6.42 Å². The molecular weight excluding hydrogens is 327 g/mol. The molecule has 0 aliphatic heterocycles. The van der Waals surface area contributed by atoms with Crippen molar-refractivity contribution >= 4 is 40.7 Å². The van der Waals surface area contributed by atoms with Gasteiger partial charge in [0.25, 0.3) is 0 Å². The van der Waals surface area contributed by atoms with E-state index in [2.05, 4.69) is 5.32 Å². The number of hydrogen-bond donors (Lipinski definition) is 1. The number of nitrogens with zero attached hydrogens (tertiary/aromatic N) is 1. The Morgan fingerprint density at radius 2 is 1.91 bits per heavy atom. The van der Waals surface area contributed by atoms with Crippen LogP contribution in [-0.2, 0) is 14.3 Å². The number of nitrogens with one attached hydrogen (secondary N) is 1. The fourth-order valence-corrected chi connectivity index (χ4v) is 2.52. The molecule has 7 heteroatoms. The second kappa shape index (κ2) is 9.66. The lowest BCUT2D eigenvalue weighted by Crippen LogP contribution is -2.34. The second-order valence-corrected chi connectivity index (χ2v) is 5.50. The molecule has 0 aromatic heterocycles. The van der Waals surface area contributed by atoms with E-state index < -0.39 is 0 Å². The van der Waals surface area contributed by atoms with Crippen molar-refractivity contribution in [2.75, 3.05) is 31.7 Å². The lowest BCUT2D eigenvalue weighted by atomic mass is 10.2. The number of carbonyl (C=O) groups is 2. The maximum absolute atomic E-state index is 11.8. The van der Waals surface area contributed by atoms with Crippen molar-refractivity contribution in [1.29, 1.82) is 0 Å². The summed E-state index contributed by atoms with van der Waals surface area (Å²) in [5.74, 6) is -0.354. The number of amides is 2. The van der Waals surface area contributed by atoms with E-state index in [1.54, 1.807) is 25.3 Å². The lowest BCUT2D eigenvalue weighted by Gasteiger charge is -2.23. The summed E-state index contributed by atoms with van der Waals surface area (Å²) in [4.78, 5) is 25.0. The predicted molar refractivity (Wildman–Crippen MR) is 88.6 cm³/mol. The lowest BCUT2D eigenvalue weighted by molar-refractivity contribution is -0.121. The fourth-order valence-electron chi connectivity index (χ4n) is 1.92. The maximum atomic E-state index is 11.8. The zero-order valence-corrected chi connectivity index (χ0v) is 14.2. The quantitative estimate of drug-likeness (QED) is 0.736. The van der Waals surface area contributed by atoms with Gasteiger partial charge < -0.3 is 15.0 Å². The van der Waals surface area contributed by atoms with E-state index >= 15 is 0 Å².